The smallest absolute Gasteiger partial charge is 0.289 e. The van der Waals surface area contributed by atoms with Gasteiger partial charge in [0, 0.05) is 47.4 Å². The lowest BCUT2D eigenvalue weighted by molar-refractivity contribution is 0.0941. The second-order valence-electron chi connectivity index (χ2n) is 8.87. The van der Waals surface area contributed by atoms with E-state index in [0.29, 0.717) is 29.4 Å². The van der Waals surface area contributed by atoms with Crippen LogP contribution in [0, 0.1) is 20.8 Å². The number of fused-ring (bicyclic) bond motifs is 1. The number of nitrogens with zero attached hydrogens (tertiary/aromatic N) is 5. The largest absolute Gasteiger partial charge is 0.365 e. The lowest BCUT2D eigenvalue weighted by Crippen LogP contribution is -2.25. The van der Waals surface area contributed by atoms with Crippen LogP contribution in [-0.2, 0) is 20.1 Å². The number of nitrogens with one attached hydrogen (secondary N) is 2. The predicted octanol–water partition coefficient (Wildman–Crippen LogP) is 5.14. The summed E-state index contributed by atoms with van der Waals surface area (Å²) in [5.41, 5.74) is 6.20. The van der Waals surface area contributed by atoms with Gasteiger partial charge in [0.1, 0.15) is 11.6 Å². The van der Waals surface area contributed by atoms with Crippen molar-refractivity contribution in [1.82, 2.24) is 30.2 Å². The maximum atomic E-state index is 13.1. The SMILES string of the molecule is Cc1noc(C)c1-c1ccc2nc(C(=O)NCc3cnn(C)c3C)nc(NCc3cccc(Cl)c3)c2c1. The lowest BCUT2D eigenvalue weighted by atomic mass is 10.0. The number of benzene rings is 2. The number of hydrogen-bond acceptors (Lipinski definition) is 7. The summed E-state index contributed by atoms with van der Waals surface area (Å²) in [6.45, 7) is 6.54. The molecule has 188 valence electrons. The quantitative estimate of drug-likeness (QED) is 0.309. The van der Waals surface area contributed by atoms with Crippen LogP contribution in [0.25, 0.3) is 22.0 Å². The molecule has 3 heterocycles. The number of carbonyl (C=O) groups is 1. The molecule has 1 amide bonds. The molecule has 37 heavy (non-hydrogen) atoms. The molecule has 3 aromatic heterocycles. The van der Waals surface area contributed by atoms with E-state index in [-0.39, 0.29) is 11.7 Å². The van der Waals surface area contributed by atoms with Crippen molar-refractivity contribution >= 4 is 34.2 Å². The van der Waals surface area contributed by atoms with E-state index in [9.17, 15) is 4.79 Å². The number of halogens is 1. The van der Waals surface area contributed by atoms with Crippen LogP contribution in [-0.4, -0.2) is 30.8 Å². The summed E-state index contributed by atoms with van der Waals surface area (Å²) in [5, 5.41) is 16.0. The van der Waals surface area contributed by atoms with E-state index >= 15 is 0 Å². The highest BCUT2D eigenvalue weighted by molar-refractivity contribution is 6.30. The zero-order valence-corrected chi connectivity index (χ0v) is 21.7. The van der Waals surface area contributed by atoms with Crippen molar-refractivity contribution in [3.8, 4) is 11.1 Å². The van der Waals surface area contributed by atoms with E-state index in [1.54, 1.807) is 10.9 Å². The maximum absolute atomic E-state index is 13.1. The first-order valence-electron chi connectivity index (χ1n) is 11.8. The Morgan fingerprint density at radius 1 is 1.08 bits per heavy atom. The van der Waals surface area contributed by atoms with E-state index in [1.807, 2.05) is 70.3 Å². The van der Waals surface area contributed by atoms with Gasteiger partial charge in [0.2, 0.25) is 5.82 Å². The summed E-state index contributed by atoms with van der Waals surface area (Å²) >= 11 is 6.17. The van der Waals surface area contributed by atoms with Gasteiger partial charge in [-0.2, -0.15) is 5.10 Å². The van der Waals surface area contributed by atoms with Crippen LogP contribution in [0.3, 0.4) is 0 Å². The molecule has 0 radical (unpaired) electrons. The number of aryl methyl sites for hydroxylation is 3. The van der Waals surface area contributed by atoms with Crippen LogP contribution in [0.4, 0.5) is 5.82 Å². The molecule has 0 spiro atoms. The Balaban J connectivity index is 1.51. The van der Waals surface area contributed by atoms with Gasteiger partial charge in [-0.15, -0.1) is 0 Å². The van der Waals surface area contributed by atoms with Crippen molar-refractivity contribution in [3.05, 3.63) is 87.8 Å². The molecular weight excluding hydrogens is 490 g/mol. The molecule has 0 fully saturated rings. The van der Waals surface area contributed by atoms with Gasteiger partial charge in [0.25, 0.3) is 5.91 Å². The molecule has 0 saturated carbocycles. The van der Waals surface area contributed by atoms with Crippen molar-refractivity contribution in [1.29, 1.82) is 0 Å². The molecule has 0 saturated heterocycles. The van der Waals surface area contributed by atoms with Gasteiger partial charge in [-0.3, -0.25) is 9.48 Å². The van der Waals surface area contributed by atoms with Crippen LogP contribution in [0.2, 0.25) is 5.02 Å². The number of anilines is 1. The van der Waals surface area contributed by atoms with Gasteiger partial charge in [-0.1, -0.05) is 35.0 Å². The highest BCUT2D eigenvalue weighted by atomic mass is 35.5. The zero-order valence-electron chi connectivity index (χ0n) is 21.0. The molecule has 0 unspecified atom stereocenters. The fraction of sp³-hybridized carbons (Fsp3) is 0.222. The van der Waals surface area contributed by atoms with Crippen LogP contribution >= 0.6 is 11.6 Å². The molecule has 0 aliphatic carbocycles. The molecule has 9 nitrogen and oxygen atoms in total. The van der Waals surface area contributed by atoms with Gasteiger partial charge in [-0.05, 0) is 56.2 Å². The van der Waals surface area contributed by atoms with Gasteiger partial charge in [0.05, 0.1) is 17.4 Å². The van der Waals surface area contributed by atoms with Crippen LogP contribution < -0.4 is 10.6 Å². The van der Waals surface area contributed by atoms with Gasteiger partial charge >= 0.3 is 0 Å². The third-order valence-electron chi connectivity index (χ3n) is 6.35. The fourth-order valence-corrected chi connectivity index (χ4v) is 4.43. The maximum Gasteiger partial charge on any atom is 0.289 e. The van der Waals surface area contributed by atoms with E-state index in [1.165, 1.54) is 0 Å². The summed E-state index contributed by atoms with van der Waals surface area (Å²) in [4.78, 5) is 22.3. The lowest BCUT2D eigenvalue weighted by Gasteiger charge is -2.13. The molecule has 10 heteroatoms. The number of aromatic nitrogens is 5. The van der Waals surface area contributed by atoms with Gasteiger partial charge in [0.15, 0.2) is 0 Å². The molecule has 0 aliphatic rings. The summed E-state index contributed by atoms with van der Waals surface area (Å²) in [7, 11) is 1.86. The number of carbonyl (C=O) groups excluding carboxylic acids is 1. The Bertz CT molecular complexity index is 1600. The third-order valence-corrected chi connectivity index (χ3v) is 6.58. The van der Waals surface area contributed by atoms with Crippen molar-refractivity contribution in [3.63, 3.8) is 0 Å². The van der Waals surface area contributed by atoms with E-state index in [2.05, 4.69) is 30.9 Å². The first-order chi connectivity index (χ1) is 17.8. The number of rotatable bonds is 7. The normalized spacial score (nSPS) is 11.2. The average molecular weight is 516 g/mol. The molecule has 2 N–H and O–H groups in total. The fourth-order valence-electron chi connectivity index (χ4n) is 4.22. The Labute approximate surface area is 218 Å². The van der Waals surface area contributed by atoms with Crippen molar-refractivity contribution in [2.45, 2.75) is 33.9 Å². The van der Waals surface area contributed by atoms with Crippen molar-refractivity contribution in [2.24, 2.45) is 7.05 Å². The van der Waals surface area contributed by atoms with Crippen molar-refractivity contribution in [2.75, 3.05) is 5.32 Å². The van der Waals surface area contributed by atoms with E-state index < -0.39 is 0 Å². The third kappa shape index (κ3) is 5.03. The van der Waals surface area contributed by atoms with Gasteiger partial charge < -0.3 is 15.2 Å². The second kappa shape index (κ2) is 10.0. The van der Waals surface area contributed by atoms with E-state index in [4.69, 9.17) is 16.1 Å². The Morgan fingerprint density at radius 2 is 1.92 bits per heavy atom. The summed E-state index contributed by atoms with van der Waals surface area (Å²) < 4.78 is 7.13. The molecule has 0 bridgehead atoms. The standard InChI is InChI=1S/C27H26ClN7O2/c1-15-24(17(3)37-34-15)19-8-9-23-22(11-19)25(29-12-18-6-5-7-21(28)10-18)33-26(32-23)27(36)30-13-20-14-31-35(4)16(20)2/h5-11,14H,12-13H2,1-4H3,(H,30,36)(H,29,32,33). The Hall–Kier alpha value is -4.24. The minimum Gasteiger partial charge on any atom is -0.365 e. The number of amides is 1. The summed E-state index contributed by atoms with van der Waals surface area (Å²) in [5.74, 6) is 0.979. The van der Waals surface area contributed by atoms with Crippen LogP contribution in [0.5, 0.6) is 0 Å². The zero-order chi connectivity index (χ0) is 26.1. The monoisotopic (exact) mass is 515 g/mol. The molecule has 0 aliphatic heterocycles. The minimum absolute atomic E-state index is 0.0766. The highest BCUT2D eigenvalue weighted by Crippen LogP contribution is 2.31. The summed E-state index contributed by atoms with van der Waals surface area (Å²) in [6, 6.07) is 13.4. The first kappa shape index (κ1) is 24.5. The average Bonchev–Trinajstić information content (AvgIpc) is 3.40. The van der Waals surface area contributed by atoms with Gasteiger partial charge in [-0.25, -0.2) is 9.97 Å². The molecule has 5 rings (SSSR count). The highest BCUT2D eigenvalue weighted by Gasteiger charge is 2.18. The number of hydrogen-bond donors (Lipinski definition) is 2. The van der Waals surface area contributed by atoms with Crippen LogP contribution in [0.1, 0.15) is 38.9 Å². The topological polar surface area (TPSA) is 111 Å². The Kier molecular flexibility index (Phi) is 6.62. The Morgan fingerprint density at radius 3 is 2.62 bits per heavy atom. The molecular formula is C27H26ClN7O2. The van der Waals surface area contributed by atoms with Crippen LogP contribution in [0.15, 0.2) is 53.2 Å². The molecule has 0 atom stereocenters. The second-order valence-corrected chi connectivity index (χ2v) is 9.31. The molecule has 5 aromatic rings. The summed E-state index contributed by atoms with van der Waals surface area (Å²) in [6.07, 6.45) is 1.74. The van der Waals surface area contributed by atoms with Crippen molar-refractivity contribution < 1.29 is 9.32 Å². The molecule has 2 aromatic carbocycles. The predicted molar refractivity (Wildman–Crippen MR) is 142 cm³/mol. The first-order valence-corrected chi connectivity index (χ1v) is 12.2. The minimum atomic E-state index is -0.370. The van der Waals surface area contributed by atoms with E-state index in [0.717, 1.165) is 44.8 Å².